The first kappa shape index (κ1) is 9.94. The number of aryl methyl sites for hydroxylation is 1. The molecule has 2 rings (SSSR count). The molecule has 0 radical (unpaired) electrons. The summed E-state index contributed by atoms with van der Waals surface area (Å²) >= 11 is 3.42. The van der Waals surface area contributed by atoms with Gasteiger partial charge in [-0.3, -0.25) is 4.98 Å². The Kier molecular flexibility index (Phi) is 2.57. The van der Waals surface area contributed by atoms with Crippen molar-refractivity contribution >= 4 is 15.9 Å². The van der Waals surface area contributed by atoms with Crippen molar-refractivity contribution in [3.8, 4) is 17.3 Å². The molecule has 0 aromatic carbocycles. The topological polar surface area (TPSA) is 52.5 Å². The van der Waals surface area contributed by atoms with Crippen molar-refractivity contribution < 1.29 is 0 Å². The number of nitriles is 1. The van der Waals surface area contributed by atoms with Gasteiger partial charge in [0, 0.05) is 23.7 Å². The number of nitrogens with one attached hydrogen (secondary N) is 1. The summed E-state index contributed by atoms with van der Waals surface area (Å²) in [6.45, 7) is 1.88. The van der Waals surface area contributed by atoms with Gasteiger partial charge in [0.1, 0.15) is 6.07 Å². The summed E-state index contributed by atoms with van der Waals surface area (Å²) in [6, 6.07) is 5.96. The van der Waals surface area contributed by atoms with Crippen LogP contribution in [0.5, 0.6) is 0 Å². The number of aromatic nitrogens is 2. The van der Waals surface area contributed by atoms with Gasteiger partial charge < -0.3 is 4.98 Å². The number of nitrogens with zero attached hydrogens (tertiary/aromatic N) is 2. The Labute approximate surface area is 95.9 Å². The fraction of sp³-hybridized carbons (Fsp3) is 0.0909. The lowest BCUT2D eigenvalue weighted by atomic mass is 10.2. The van der Waals surface area contributed by atoms with Gasteiger partial charge in [0.05, 0.1) is 15.7 Å². The Morgan fingerprint density at radius 1 is 1.40 bits per heavy atom. The third kappa shape index (κ3) is 1.66. The Balaban J connectivity index is 2.62. The van der Waals surface area contributed by atoms with E-state index in [-0.39, 0.29) is 0 Å². The summed E-state index contributed by atoms with van der Waals surface area (Å²) < 4.78 is 0.814. The molecule has 0 unspecified atom stereocenters. The SMILES string of the molecule is Cc1[nH]c(-c2ccncc2)c(Br)c1C#N. The Morgan fingerprint density at radius 2 is 2.07 bits per heavy atom. The van der Waals surface area contributed by atoms with Crippen molar-refractivity contribution in [1.82, 2.24) is 9.97 Å². The van der Waals surface area contributed by atoms with Gasteiger partial charge in [-0.05, 0) is 35.0 Å². The molecule has 0 spiro atoms. The molecule has 0 aliphatic rings. The number of pyridine rings is 1. The van der Waals surface area contributed by atoms with E-state index < -0.39 is 0 Å². The van der Waals surface area contributed by atoms with Crippen LogP contribution >= 0.6 is 15.9 Å². The highest BCUT2D eigenvalue weighted by molar-refractivity contribution is 9.10. The van der Waals surface area contributed by atoms with Crippen LogP contribution in [0.25, 0.3) is 11.3 Å². The molecule has 3 nitrogen and oxygen atoms in total. The summed E-state index contributed by atoms with van der Waals surface area (Å²) in [5.41, 5.74) is 3.46. The zero-order chi connectivity index (χ0) is 10.8. The molecule has 0 fully saturated rings. The van der Waals surface area contributed by atoms with Crippen molar-refractivity contribution in [3.63, 3.8) is 0 Å². The van der Waals surface area contributed by atoms with E-state index in [1.807, 2.05) is 19.1 Å². The molecule has 2 aromatic heterocycles. The van der Waals surface area contributed by atoms with Crippen LogP contribution in [-0.2, 0) is 0 Å². The molecule has 1 N–H and O–H groups in total. The number of halogens is 1. The summed E-state index contributed by atoms with van der Waals surface area (Å²) in [4.78, 5) is 7.14. The molecule has 0 bridgehead atoms. The van der Waals surface area contributed by atoms with Crippen molar-refractivity contribution in [2.24, 2.45) is 0 Å². The molecule has 0 aliphatic heterocycles. The molecular weight excluding hydrogens is 254 g/mol. The predicted octanol–water partition coefficient (Wildman–Crippen LogP) is 3.02. The third-order valence-corrected chi connectivity index (χ3v) is 3.00. The normalized spacial score (nSPS) is 9.93. The van der Waals surface area contributed by atoms with Crippen LogP contribution in [0.4, 0.5) is 0 Å². The van der Waals surface area contributed by atoms with E-state index in [0.717, 1.165) is 21.4 Å². The van der Waals surface area contributed by atoms with E-state index in [1.165, 1.54) is 0 Å². The monoisotopic (exact) mass is 261 g/mol. The second kappa shape index (κ2) is 3.87. The maximum Gasteiger partial charge on any atom is 0.102 e. The fourth-order valence-corrected chi connectivity index (χ4v) is 2.16. The molecule has 74 valence electrons. The average Bonchev–Trinajstić information content (AvgIpc) is 2.55. The fourth-order valence-electron chi connectivity index (χ4n) is 1.44. The van der Waals surface area contributed by atoms with Gasteiger partial charge in [-0.2, -0.15) is 5.26 Å². The molecule has 0 atom stereocenters. The molecule has 0 saturated heterocycles. The minimum atomic E-state index is 0.654. The third-order valence-electron chi connectivity index (χ3n) is 2.21. The first-order valence-corrected chi connectivity index (χ1v) is 5.22. The smallest absolute Gasteiger partial charge is 0.102 e. The van der Waals surface area contributed by atoms with Gasteiger partial charge in [-0.25, -0.2) is 0 Å². The van der Waals surface area contributed by atoms with E-state index in [9.17, 15) is 0 Å². The lowest BCUT2D eigenvalue weighted by Gasteiger charge is -1.97. The maximum absolute atomic E-state index is 8.95. The second-order valence-electron chi connectivity index (χ2n) is 3.16. The van der Waals surface area contributed by atoms with Gasteiger partial charge >= 0.3 is 0 Å². The van der Waals surface area contributed by atoms with Crippen LogP contribution in [0, 0.1) is 18.3 Å². The van der Waals surface area contributed by atoms with Gasteiger partial charge in [0.2, 0.25) is 0 Å². The quantitative estimate of drug-likeness (QED) is 0.858. The first-order chi connectivity index (χ1) is 7.24. The minimum absolute atomic E-state index is 0.654. The molecule has 4 heteroatoms. The van der Waals surface area contributed by atoms with E-state index in [1.54, 1.807) is 12.4 Å². The molecule has 15 heavy (non-hydrogen) atoms. The largest absolute Gasteiger partial charge is 0.357 e. The molecule has 0 aliphatic carbocycles. The van der Waals surface area contributed by atoms with E-state index in [2.05, 4.69) is 32.0 Å². The van der Waals surface area contributed by atoms with Gasteiger partial charge in [-0.1, -0.05) is 0 Å². The van der Waals surface area contributed by atoms with Crippen molar-refractivity contribution in [1.29, 1.82) is 5.26 Å². The Bertz CT molecular complexity index is 523. The Morgan fingerprint density at radius 3 is 2.60 bits per heavy atom. The average molecular weight is 262 g/mol. The zero-order valence-corrected chi connectivity index (χ0v) is 9.67. The van der Waals surface area contributed by atoms with Crippen LogP contribution in [0.15, 0.2) is 29.0 Å². The van der Waals surface area contributed by atoms with E-state index in [0.29, 0.717) is 5.56 Å². The second-order valence-corrected chi connectivity index (χ2v) is 3.95. The number of hydrogen-bond donors (Lipinski definition) is 1. The van der Waals surface area contributed by atoms with E-state index >= 15 is 0 Å². The predicted molar refractivity (Wildman–Crippen MR) is 61.2 cm³/mol. The van der Waals surface area contributed by atoms with Crippen molar-refractivity contribution in [3.05, 3.63) is 40.3 Å². The summed E-state index contributed by atoms with van der Waals surface area (Å²) in [5.74, 6) is 0. The number of aromatic amines is 1. The summed E-state index contributed by atoms with van der Waals surface area (Å²) in [5, 5.41) is 8.95. The lowest BCUT2D eigenvalue weighted by molar-refractivity contribution is 1.24. The molecule has 0 amide bonds. The Hall–Kier alpha value is -1.60. The van der Waals surface area contributed by atoms with Crippen LogP contribution in [0.2, 0.25) is 0 Å². The van der Waals surface area contributed by atoms with Gasteiger partial charge in [0.25, 0.3) is 0 Å². The zero-order valence-electron chi connectivity index (χ0n) is 8.08. The lowest BCUT2D eigenvalue weighted by Crippen LogP contribution is -1.79. The number of rotatable bonds is 1. The molecular formula is C11H8BrN3. The van der Waals surface area contributed by atoms with Gasteiger partial charge in [0.15, 0.2) is 0 Å². The highest BCUT2D eigenvalue weighted by Crippen LogP contribution is 2.31. The van der Waals surface area contributed by atoms with Crippen LogP contribution < -0.4 is 0 Å². The molecule has 2 heterocycles. The maximum atomic E-state index is 8.95. The molecule has 2 aromatic rings. The standard InChI is InChI=1S/C11H8BrN3/c1-7-9(6-13)10(12)11(15-7)8-2-4-14-5-3-8/h2-5,15H,1H3. The highest BCUT2D eigenvalue weighted by atomic mass is 79.9. The van der Waals surface area contributed by atoms with Crippen molar-refractivity contribution in [2.45, 2.75) is 6.92 Å². The van der Waals surface area contributed by atoms with Crippen LogP contribution in [-0.4, -0.2) is 9.97 Å². The highest BCUT2D eigenvalue weighted by Gasteiger charge is 2.13. The number of hydrogen-bond acceptors (Lipinski definition) is 2. The van der Waals surface area contributed by atoms with Crippen LogP contribution in [0.1, 0.15) is 11.3 Å². The summed E-state index contributed by atoms with van der Waals surface area (Å²) in [7, 11) is 0. The summed E-state index contributed by atoms with van der Waals surface area (Å²) in [6.07, 6.45) is 3.45. The van der Waals surface area contributed by atoms with Crippen molar-refractivity contribution in [2.75, 3.05) is 0 Å². The van der Waals surface area contributed by atoms with E-state index in [4.69, 9.17) is 5.26 Å². The van der Waals surface area contributed by atoms with Crippen LogP contribution in [0.3, 0.4) is 0 Å². The number of H-pyrrole nitrogens is 1. The molecule has 0 saturated carbocycles. The minimum Gasteiger partial charge on any atom is -0.357 e. The van der Waals surface area contributed by atoms with Gasteiger partial charge in [-0.15, -0.1) is 0 Å². The first-order valence-electron chi connectivity index (χ1n) is 4.42.